The molecule has 0 radical (unpaired) electrons. The first-order chi connectivity index (χ1) is 15.0. The molecule has 0 saturated heterocycles. The van der Waals surface area contributed by atoms with E-state index in [0.717, 1.165) is 30.3 Å². The molecule has 6 nitrogen and oxygen atoms in total. The minimum absolute atomic E-state index is 0.0978. The SMILES string of the molecule is Fc1ccccc1Oc1nc2nc(C(F)(F)F)[nH]c2nc1Nc1ccc(C(F)(F)F)cc1. The fourth-order valence-corrected chi connectivity index (χ4v) is 2.62. The van der Waals surface area contributed by atoms with E-state index in [0.29, 0.717) is 0 Å². The number of anilines is 2. The van der Waals surface area contributed by atoms with Gasteiger partial charge in [0.25, 0.3) is 5.88 Å². The number of benzene rings is 2. The summed E-state index contributed by atoms with van der Waals surface area (Å²) in [6, 6.07) is 8.92. The summed E-state index contributed by atoms with van der Waals surface area (Å²) in [5.74, 6) is -3.17. The summed E-state index contributed by atoms with van der Waals surface area (Å²) in [6.07, 6.45) is -9.36. The molecule has 0 saturated carbocycles. The van der Waals surface area contributed by atoms with Crippen LogP contribution in [0.5, 0.6) is 11.6 Å². The molecular weight excluding hydrogens is 447 g/mol. The molecule has 0 aliphatic heterocycles. The van der Waals surface area contributed by atoms with E-state index in [9.17, 15) is 30.7 Å². The lowest BCUT2D eigenvalue weighted by Crippen LogP contribution is -2.06. The van der Waals surface area contributed by atoms with E-state index in [1.165, 1.54) is 18.2 Å². The Balaban J connectivity index is 1.76. The molecule has 0 atom stereocenters. The van der Waals surface area contributed by atoms with E-state index < -0.39 is 41.1 Å². The molecule has 2 N–H and O–H groups in total. The highest BCUT2D eigenvalue weighted by Crippen LogP contribution is 2.34. The number of ether oxygens (including phenoxy) is 1. The first kappa shape index (κ1) is 21.3. The van der Waals surface area contributed by atoms with Gasteiger partial charge in [-0.1, -0.05) is 12.1 Å². The second-order valence-electron chi connectivity index (χ2n) is 6.37. The van der Waals surface area contributed by atoms with E-state index in [2.05, 4.69) is 20.3 Å². The van der Waals surface area contributed by atoms with E-state index in [1.54, 1.807) is 0 Å². The molecule has 4 rings (SSSR count). The maximum Gasteiger partial charge on any atom is 0.449 e. The number of imidazole rings is 1. The van der Waals surface area contributed by atoms with Crippen molar-refractivity contribution in [3.63, 3.8) is 0 Å². The number of nitrogens with one attached hydrogen (secondary N) is 2. The topological polar surface area (TPSA) is 75.7 Å². The van der Waals surface area contributed by atoms with E-state index >= 15 is 0 Å². The number of para-hydroxylation sites is 1. The molecule has 2 aromatic carbocycles. The average molecular weight is 457 g/mol. The van der Waals surface area contributed by atoms with Crippen LogP contribution in [0, 0.1) is 5.82 Å². The lowest BCUT2D eigenvalue weighted by Gasteiger charge is -2.12. The standard InChI is InChI=1S/C19H10F7N5O/c20-11-3-1-2-4-12(11)32-16-15(27-10-7-5-9(6-8-10)18(21,22)23)28-13-14(29-16)31-17(30-13)19(24,25)26/h1-8H,(H2,27,28,29,30,31). The van der Waals surface area contributed by atoms with Crippen LogP contribution in [-0.4, -0.2) is 19.9 Å². The van der Waals surface area contributed by atoms with Gasteiger partial charge in [0.15, 0.2) is 23.0 Å². The van der Waals surface area contributed by atoms with Crippen LogP contribution in [-0.2, 0) is 12.4 Å². The van der Waals surface area contributed by atoms with Crippen LogP contribution in [0.3, 0.4) is 0 Å². The number of hydrogen-bond acceptors (Lipinski definition) is 5. The number of rotatable bonds is 4. The molecule has 0 amide bonds. The third kappa shape index (κ3) is 4.40. The zero-order valence-electron chi connectivity index (χ0n) is 15.5. The van der Waals surface area contributed by atoms with Crippen LogP contribution >= 0.6 is 0 Å². The largest absolute Gasteiger partial charge is 0.449 e. The summed E-state index contributed by atoms with van der Waals surface area (Å²) in [5, 5.41) is 2.61. The summed E-state index contributed by atoms with van der Waals surface area (Å²) in [5.41, 5.74) is -1.63. The monoisotopic (exact) mass is 457 g/mol. The van der Waals surface area contributed by atoms with Crippen LogP contribution < -0.4 is 10.1 Å². The fourth-order valence-electron chi connectivity index (χ4n) is 2.62. The maximum absolute atomic E-state index is 14.0. The molecular formula is C19H10F7N5O. The number of fused-ring (bicyclic) bond motifs is 1. The quantitative estimate of drug-likeness (QED) is 0.364. The molecule has 0 aliphatic rings. The summed E-state index contributed by atoms with van der Waals surface area (Å²) in [6.45, 7) is 0. The third-order valence-corrected chi connectivity index (χ3v) is 4.09. The highest BCUT2D eigenvalue weighted by Gasteiger charge is 2.35. The number of aromatic nitrogens is 4. The zero-order valence-corrected chi connectivity index (χ0v) is 15.5. The maximum atomic E-state index is 14.0. The number of aromatic amines is 1. The van der Waals surface area contributed by atoms with Crippen molar-refractivity contribution in [2.75, 3.05) is 5.32 Å². The molecule has 4 aromatic rings. The van der Waals surface area contributed by atoms with Gasteiger partial charge < -0.3 is 15.0 Å². The van der Waals surface area contributed by atoms with E-state index in [4.69, 9.17) is 4.74 Å². The summed E-state index contributed by atoms with van der Waals surface area (Å²) >= 11 is 0. The van der Waals surface area contributed by atoms with Crippen LogP contribution in [0.15, 0.2) is 48.5 Å². The van der Waals surface area contributed by atoms with Crippen LogP contribution in [0.1, 0.15) is 11.4 Å². The molecule has 166 valence electrons. The van der Waals surface area contributed by atoms with Gasteiger partial charge >= 0.3 is 12.4 Å². The van der Waals surface area contributed by atoms with Gasteiger partial charge in [-0.3, -0.25) is 0 Å². The summed E-state index contributed by atoms with van der Waals surface area (Å²) < 4.78 is 96.6. The van der Waals surface area contributed by atoms with Crippen molar-refractivity contribution in [2.45, 2.75) is 12.4 Å². The molecule has 0 spiro atoms. The zero-order chi connectivity index (χ0) is 23.1. The number of alkyl halides is 6. The van der Waals surface area contributed by atoms with Crippen LogP contribution in [0.2, 0.25) is 0 Å². The first-order valence-electron chi connectivity index (χ1n) is 8.72. The lowest BCUT2D eigenvalue weighted by atomic mass is 10.2. The van der Waals surface area contributed by atoms with Crippen molar-refractivity contribution < 1.29 is 35.5 Å². The first-order valence-corrected chi connectivity index (χ1v) is 8.72. The molecule has 0 unspecified atom stereocenters. The molecule has 0 aliphatic carbocycles. The third-order valence-electron chi connectivity index (χ3n) is 4.09. The number of halogens is 7. The Morgan fingerprint density at radius 2 is 1.50 bits per heavy atom. The van der Waals surface area contributed by atoms with Crippen LogP contribution in [0.4, 0.5) is 42.2 Å². The Morgan fingerprint density at radius 3 is 2.12 bits per heavy atom. The van der Waals surface area contributed by atoms with Gasteiger partial charge in [0.2, 0.25) is 11.5 Å². The predicted octanol–water partition coefficient (Wildman–Crippen LogP) is 6.07. The number of H-pyrrole nitrogens is 1. The van der Waals surface area contributed by atoms with E-state index in [-0.39, 0.29) is 22.9 Å². The van der Waals surface area contributed by atoms with Crippen molar-refractivity contribution in [3.05, 3.63) is 65.7 Å². The van der Waals surface area contributed by atoms with Gasteiger partial charge in [0.1, 0.15) is 0 Å². The molecule has 0 bridgehead atoms. The van der Waals surface area contributed by atoms with E-state index in [1.807, 2.05) is 4.98 Å². The molecule has 32 heavy (non-hydrogen) atoms. The Kier molecular flexibility index (Phi) is 5.11. The minimum atomic E-state index is -4.81. The molecule has 0 fully saturated rings. The van der Waals surface area contributed by atoms with Crippen molar-refractivity contribution in [1.29, 1.82) is 0 Å². The van der Waals surface area contributed by atoms with Crippen molar-refractivity contribution in [1.82, 2.24) is 19.9 Å². The highest BCUT2D eigenvalue weighted by molar-refractivity contribution is 5.73. The Morgan fingerprint density at radius 1 is 0.812 bits per heavy atom. The second kappa shape index (κ2) is 7.66. The number of nitrogens with zero attached hydrogens (tertiary/aromatic N) is 3. The van der Waals surface area contributed by atoms with Crippen LogP contribution in [0.25, 0.3) is 11.3 Å². The smallest absolute Gasteiger partial charge is 0.433 e. The Hall–Kier alpha value is -3.90. The molecule has 2 aromatic heterocycles. The summed E-state index contributed by atoms with van der Waals surface area (Å²) in [4.78, 5) is 13.1. The van der Waals surface area contributed by atoms with Gasteiger partial charge in [-0.2, -0.15) is 31.3 Å². The second-order valence-corrected chi connectivity index (χ2v) is 6.37. The minimum Gasteiger partial charge on any atom is -0.433 e. The number of hydrogen-bond donors (Lipinski definition) is 2. The Labute approximate surface area is 174 Å². The van der Waals surface area contributed by atoms with Crippen molar-refractivity contribution >= 4 is 22.8 Å². The normalized spacial score (nSPS) is 12.2. The average Bonchev–Trinajstić information content (AvgIpc) is 3.13. The predicted molar refractivity (Wildman–Crippen MR) is 97.9 cm³/mol. The van der Waals surface area contributed by atoms with Gasteiger partial charge in [-0.05, 0) is 36.4 Å². The van der Waals surface area contributed by atoms with Crippen molar-refractivity contribution in [2.24, 2.45) is 0 Å². The fraction of sp³-hybridized carbons (Fsp3) is 0.105. The van der Waals surface area contributed by atoms with Crippen molar-refractivity contribution in [3.8, 4) is 11.6 Å². The van der Waals surface area contributed by atoms with Gasteiger partial charge in [0, 0.05) is 5.69 Å². The van der Waals surface area contributed by atoms with Gasteiger partial charge in [0.05, 0.1) is 5.56 Å². The highest BCUT2D eigenvalue weighted by atomic mass is 19.4. The van der Waals surface area contributed by atoms with Gasteiger partial charge in [-0.15, -0.1) is 0 Å². The Bertz CT molecular complexity index is 1270. The molecule has 2 heterocycles. The summed E-state index contributed by atoms with van der Waals surface area (Å²) in [7, 11) is 0. The van der Waals surface area contributed by atoms with Gasteiger partial charge in [-0.25, -0.2) is 14.4 Å². The molecule has 13 heteroatoms. The lowest BCUT2D eigenvalue weighted by molar-refractivity contribution is -0.144.